The molecule has 0 spiro atoms. The summed E-state index contributed by atoms with van der Waals surface area (Å²) in [7, 11) is 0. The predicted octanol–water partition coefficient (Wildman–Crippen LogP) is 2.78. The van der Waals surface area contributed by atoms with Crippen LogP contribution < -0.4 is 5.73 Å². The van der Waals surface area contributed by atoms with Gasteiger partial charge in [0.05, 0.1) is 17.6 Å². The van der Waals surface area contributed by atoms with Crippen molar-refractivity contribution in [3.63, 3.8) is 0 Å². The summed E-state index contributed by atoms with van der Waals surface area (Å²) in [5.41, 5.74) is 12.9. The fourth-order valence-electron chi connectivity index (χ4n) is 2.82. The van der Waals surface area contributed by atoms with E-state index in [0.29, 0.717) is 0 Å². The molecule has 0 radical (unpaired) electrons. The number of nitrogen functional groups attached to an aromatic ring is 1. The fourth-order valence-corrected chi connectivity index (χ4v) is 2.82. The molecule has 2 N–H and O–H groups in total. The highest BCUT2D eigenvalue weighted by molar-refractivity contribution is 5.63. The number of anilines is 1. The summed E-state index contributed by atoms with van der Waals surface area (Å²) in [6.45, 7) is 4.09. The van der Waals surface area contributed by atoms with E-state index in [2.05, 4.69) is 32.6 Å². The van der Waals surface area contributed by atoms with E-state index in [1.807, 2.05) is 36.0 Å². The largest absolute Gasteiger partial charge is 0.398 e. The van der Waals surface area contributed by atoms with E-state index in [0.717, 1.165) is 39.4 Å². The van der Waals surface area contributed by atoms with E-state index in [9.17, 15) is 0 Å². The van der Waals surface area contributed by atoms with Crippen LogP contribution in [0.4, 0.5) is 5.69 Å². The maximum atomic E-state index is 6.11. The third kappa shape index (κ3) is 2.07. The first-order chi connectivity index (χ1) is 11.1. The molecule has 0 bridgehead atoms. The lowest BCUT2D eigenvalue weighted by molar-refractivity contribution is 0.804. The van der Waals surface area contributed by atoms with Gasteiger partial charge < -0.3 is 5.73 Å². The lowest BCUT2D eigenvalue weighted by atomic mass is 10.1. The summed E-state index contributed by atoms with van der Waals surface area (Å²) >= 11 is 0. The average Bonchev–Trinajstić information content (AvgIpc) is 3.14. The molecule has 0 aliphatic carbocycles. The summed E-state index contributed by atoms with van der Waals surface area (Å²) in [6, 6.07) is 6.07. The molecule has 0 aliphatic rings. The summed E-state index contributed by atoms with van der Waals surface area (Å²) < 4.78 is 4.09. The van der Waals surface area contributed by atoms with Gasteiger partial charge in [-0.15, -0.1) is 0 Å². The second kappa shape index (κ2) is 4.95. The average molecular weight is 304 g/mol. The van der Waals surface area contributed by atoms with Crippen molar-refractivity contribution in [1.82, 2.24) is 24.1 Å². The van der Waals surface area contributed by atoms with Crippen LogP contribution in [-0.4, -0.2) is 24.1 Å². The standard InChI is InChI=1S/C17H16N6/c1-11-5-12(2)15(6-14(11)18)22-4-3-17-21-9-16(23(17)22)13-7-19-10-20-8-13/h3-10H,18H2,1-2H3. The van der Waals surface area contributed by atoms with Crippen molar-refractivity contribution in [2.75, 3.05) is 5.73 Å². The van der Waals surface area contributed by atoms with Gasteiger partial charge in [0.1, 0.15) is 6.33 Å². The van der Waals surface area contributed by atoms with Gasteiger partial charge in [-0.25, -0.2) is 19.5 Å². The van der Waals surface area contributed by atoms with Crippen LogP contribution in [0.15, 0.2) is 49.3 Å². The summed E-state index contributed by atoms with van der Waals surface area (Å²) in [5, 5.41) is 0. The number of aryl methyl sites for hydroxylation is 2. The van der Waals surface area contributed by atoms with Crippen LogP contribution in [0.3, 0.4) is 0 Å². The topological polar surface area (TPSA) is 74.0 Å². The Hall–Kier alpha value is -3.15. The smallest absolute Gasteiger partial charge is 0.154 e. The lowest BCUT2D eigenvalue weighted by Crippen LogP contribution is -2.06. The minimum absolute atomic E-state index is 0.775. The van der Waals surface area contributed by atoms with Gasteiger partial charge in [-0.1, -0.05) is 6.07 Å². The molecule has 1 aromatic carbocycles. The minimum atomic E-state index is 0.775. The number of hydrogen-bond acceptors (Lipinski definition) is 4. The molecular formula is C17H16N6. The predicted molar refractivity (Wildman–Crippen MR) is 89.4 cm³/mol. The van der Waals surface area contributed by atoms with Crippen LogP contribution >= 0.6 is 0 Å². The number of hydrogen-bond donors (Lipinski definition) is 1. The first-order valence-corrected chi connectivity index (χ1v) is 7.33. The molecule has 6 nitrogen and oxygen atoms in total. The summed E-state index contributed by atoms with van der Waals surface area (Å²) in [6.07, 6.45) is 8.91. The van der Waals surface area contributed by atoms with Gasteiger partial charge in [0.2, 0.25) is 0 Å². The Bertz CT molecular complexity index is 997. The van der Waals surface area contributed by atoms with Gasteiger partial charge in [-0.05, 0) is 31.0 Å². The van der Waals surface area contributed by atoms with Gasteiger partial charge in [0.25, 0.3) is 0 Å². The van der Waals surface area contributed by atoms with Crippen molar-refractivity contribution in [2.45, 2.75) is 13.8 Å². The van der Waals surface area contributed by atoms with Gasteiger partial charge in [-0.3, -0.25) is 4.68 Å². The third-order valence-corrected chi connectivity index (χ3v) is 4.03. The molecule has 114 valence electrons. The minimum Gasteiger partial charge on any atom is -0.398 e. The van der Waals surface area contributed by atoms with E-state index in [1.54, 1.807) is 12.4 Å². The quantitative estimate of drug-likeness (QED) is 0.578. The zero-order valence-corrected chi connectivity index (χ0v) is 12.9. The van der Waals surface area contributed by atoms with E-state index >= 15 is 0 Å². The molecule has 3 aromatic heterocycles. The second-order valence-electron chi connectivity index (χ2n) is 5.60. The number of nitrogens with two attached hydrogens (primary N) is 1. The van der Waals surface area contributed by atoms with E-state index in [1.165, 1.54) is 6.33 Å². The Morgan fingerprint density at radius 2 is 1.78 bits per heavy atom. The van der Waals surface area contributed by atoms with Crippen LogP contribution in [-0.2, 0) is 0 Å². The highest BCUT2D eigenvalue weighted by atomic mass is 15.4. The molecule has 0 atom stereocenters. The summed E-state index contributed by atoms with van der Waals surface area (Å²) in [4.78, 5) is 12.7. The van der Waals surface area contributed by atoms with E-state index in [-0.39, 0.29) is 0 Å². The summed E-state index contributed by atoms with van der Waals surface area (Å²) in [5.74, 6) is 0. The zero-order valence-electron chi connectivity index (χ0n) is 12.9. The Balaban J connectivity index is 1.99. The molecule has 0 saturated heterocycles. The normalized spacial score (nSPS) is 11.2. The van der Waals surface area contributed by atoms with E-state index < -0.39 is 0 Å². The van der Waals surface area contributed by atoms with Crippen molar-refractivity contribution in [2.24, 2.45) is 0 Å². The zero-order chi connectivity index (χ0) is 16.0. The van der Waals surface area contributed by atoms with Gasteiger partial charge in [0.15, 0.2) is 5.65 Å². The van der Waals surface area contributed by atoms with Gasteiger partial charge >= 0.3 is 0 Å². The van der Waals surface area contributed by atoms with Crippen molar-refractivity contribution in [3.05, 3.63) is 60.4 Å². The Morgan fingerprint density at radius 1 is 1.00 bits per heavy atom. The molecule has 0 saturated carbocycles. The Labute approximate surface area is 133 Å². The molecule has 0 aliphatic heterocycles. The Kier molecular flexibility index (Phi) is 2.90. The maximum Gasteiger partial charge on any atom is 0.154 e. The van der Waals surface area contributed by atoms with Crippen molar-refractivity contribution in [1.29, 1.82) is 0 Å². The SMILES string of the molecule is Cc1cc(C)c(-n2ccc3ncc(-c4cncnc4)n32)cc1N. The van der Waals surface area contributed by atoms with Crippen LogP contribution in [0.5, 0.6) is 0 Å². The number of fused-ring (bicyclic) bond motifs is 1. The second-order valence-corrected chi connectivity index (χ2v) is 5.60. The molecule has 6 heteroatoms. The van der Waals surface area contributed by atoms with E-state index in [4.69, 9.17) is 5.73 Å². The molecule has 4 aromatic rings. The number of rotatable bonds is 2. The third-order valence-electron chi connectivity index (χ3n) is 4.03. The highest BCUT2D eigenvalue weighted by Crippen LogP contribution is 2.25. The molecule has 0 unspecified atom stereocenters. The van der Waals surface area contributed by atoms with Crippen LogP contribution in [0, 0.1) is 13.8 Å². The van der Waals surface area contributed by atoms with Gasteiger partial charge in [0, 0.05) is 35.9 Å². The monoisotopic (exact) mass is 304 g/mol. The highest BCUT2D eigenvalue weighted by Gasteiger charge is 2.13. The molecule has 0 amide bonds. The first-order valence-electron chi connectivity index (χ1n) is 7.33. The van der Waals surface area contributed by atoms with Crippen molar-refractivity contribution < 1.29 is 0 Å². The molecule has 23 heavy (non-hydrogen) atoms. The van der Waals surface area contributed by atoms with Gasteiger partial charge in [-0.2, -0.15) is 0 Å². The molecule has 3 heterocycles. The number of aromatic nitrogens is 5. The number of benzene rings is 1. The van der Waals surface area contributed by atoms with Crippen molar-refractivity contribution >= 4 is 11.3 Å². The molecular weight excluding hydrogens is 288 g/mol. The van der Waals surface area contributed by atoms with Crippen LogP contribution in [0.25, 0.3) is 22.6 Å². The molecule has 0 fully saturated rings. The number of imidazole rings is 1. The first kappa shape index (κ1) is 13.5. The van der Waals surface area contributed by atoms with Crippen molar-refractivity contribution in [3.8, 4) is 16.9 Å². The van der Waals surface area contributed by atoms with Crippen LogP contribution in [0.2, 0.25) is 0 Å². The molecule has 4 rings (SSSR count). The maximum absolute atomic E-state index is 6.11. The van der Waals surface area contributed by atoms with Crippen LogP contribution in [0.1, 0.15) is 11.1 Å². The fraction of sp³-hybridized carbons (Fsp3) is 0.118. The Morgan fingerprint density at radius 3 is 2.57 bits per heavy atom. The number of nitrogens with zero attached hydrogens (tertiary/aromatic N) is 5. The lowest BCUT2D eigenvalue weighted by Gasteiger charge is -2.13.